The van der Waals surface area contributed by atoms with Crippen LogP contribution in [0.25, 0.3) is 27.8 Å². The van der Waals surface area contributed by atoms with E-state index in [-0.39, 0.29) is 36.2 Å². The summed E-state index contributed by atoms with van der Waals surface area (Å²) in [6, 6.07) is 34.0. The van der Waals surface area contributed by atoms with Gasteiger partial charge in [0.1, 0.15) is 11.3 Å². The summed E-state index contributed by atoms with van der Waals surface area (Å²) in [5.74, 6) is 0.760. The first-order valence-electron chi connectivity index (χ1n) is 10.4. The monoisotopic (exact) mass is 474 g/mol. The third-order valence-corrected chi connectivity index (χ3v) is 5.74. The molecule has 0 spiro atoms. The van der Waals surface area contributed by atoms with Gasteiger partial charge in [0.15, 0.2) is 5.43 Å². The van der Waals surface area contributed by atoms with Gasteiger partial charge in [0.2, 0.25) is 0 Å². The number of rotatable bonds is 1. The quantitative estimate of drug-likeness (QED) is 0.246. The standard InChI is InChI=1S/C19H14O2.C10H8.2ClH/c1-12-10-13-6-2-3-7-14(13)19(12)18-11-16(20)15-8-4-5-9-17(15)21-18;1-2-6-10-8-4-3-7-9(10)5-1;;/h2-11,19H,1H3;1-8H;2*1H. The third-order valence-electron chi connectivity index (χ3n) is 5.74. The SMILES string of the molecule is CC1=Cc2ccccc2C1c1cc(=O)c2ccccc2o1.Cl.Cl.c1ccc2ccccc2c1. The summed E-state index contributed by atoms with van der Waals surface area (Å²) in [7, 11) is 0. The van der Waals surface area contributed by atoms with E-state index in [9.17, 15) is 4.79 Å². The van der Waals surface area contributed by atoms with E-state index < -0.39 is 0 Å². The van der Waals surface area contributed by atoms with E-state index in [4.69, 9.17) is 4.42 Å². The van der Waals surface area contributed by atoms with E-state index in [1.165, 1.54) is 27.5 Å². The average molecular weight is 475 g/mol. The van der Waals surface area contributed by atoms with Crippen LogP contribution in [0.1, 0.15) is 29.7 Å². The second-order valence-corrected chi connectivity index (χ2v) is 7.81. The molecule has 0 saturated carbocycles. The Hall–Kier alpha value is -3.33. The molecule has 1 unspecified atom stereocenters. The zero-order valence-corrected chi connectivity index (χ0v) is 19.7. The molecule has 1 heterocycles. The highest BCUT2D eigenvalue weighted by Gasteiger charge is 2.26. The summed E-state index contributed by atoms with van der Waals surface area (Å²) in [4.78, 5) is 12.3. The van der Waals surface area contributed by atoms with Crippen LogP contribution in [0.5, 0.6) is 0 Å². The molecule has 5 aromatic rings. The van der Waals surface area contributed by atoms with Crippen molar-refractivity contribution in [2.45, 2.75) is 12.8 Å². The van der Waals surface area contributed by atoms with Crippen molar-refractivity contribution < 1.29 is 4.42 Å². The van der Waals surface area contributed by atoms with Gasteiger partial charge in [-0.25, -0.2) is 0 Å². The highest BCUT2D eigenvalue weighted by Crippen LogP contribution is 2.40. The van der Waals surface area contributed by atoms with Gasteiger partial charge in [-0.3, -0.25) is 4.79 Å². The molecule has 1 aliphatic rings. The summed E-state index contributed by atoms with van der Waals surface area (Å²) in [5.41, 5.74) is 4.28. The lowest BCUT2D eigenvalue weighted by molar-refractivity contribution is 0.528. The largest absolute Gasteiger partial charge is 0.460 e. The van der Waals surface area contributed by atoms with Crippen molar-refractivity contribution in [3.8, 4) is 0 Å². The molecule has 0 bridgehead atoms. The van der Waals surface area contributed by atoms with Gasteiger partial charge in [-0.05, 0) is 41.0 Å². The van der Waals surface area contributed by atoms with Gasteiger partial charge in [-0.2, -0.15) is 0 Å². The van der Waals surface area contributed by atoms with Crippen LogP contribution in [0, 0.1) is 0 Å². The highest BCUT2D eigenvalue weighted by molar-refractivity contribution is 5.85. The minimum absolute atomic E-state index is 0. The van der Waals surface area contributed by atoms with E-state index in [1.54, 1.807) is 12.1 Å². The van der Waals surface area contributed by atoms with E-state index in [1.807, 2.05) is 30.3 Å². The van der Waals surface area contributed by atoms with Crippen molar-refractivity contribution in [3.05, 3.63) is 136 Å². The highest BCUT2D eigenvalue weighted by atomic mass is 35.5. The van der Waals surface area contributed by atoms with Crippen LogP contribution in [0.4, 0.5) is 0 Å². The van der Waals surface area contributed by atoms with Gasteiger partial charge in [-0.1, -0.05) is 96.6 Å². The normalized spacial score (nSPS) is 13.7. The molecule has 0 radical (unpaired) electrons. The first-order chi connectivity index (χ1) is 15.2. The molecule has 0 amide bonds. The molecule has 2 nitrogen and oxygen atoms in total. The molecule has 1 aliphatic carbocycles. The topological polar surface area (TPSA) is 30.2 Å². The van der Waals surface area contributed by atoms with Gasteiger partial charge < -0.3 is 4.42 Å². The summed E-state index contributed by atoms with van der Waals surface area (Å²) < 4.78 is 6.01. The van der Waals surface area contributed by atoms with Crippen molar-refractivity contribution in [1.82, 2.24) is 0 Å². The molecular weight excluding hydrogens is 451 g/mol. The maximum atomic E-state index is 12.3. The first kappa shape index (κ1) is 24.3. The molecule has 6 rings (SSSR count). The molecule has 0 aliphatic heterocycles. The van der Waals surface area contributed by atoms with Crippen LogP contribution >= 0.6 is 24.8 Å². The number of hydrogen-bond acceptors (Lipinski definition) is 2. The third kappa shape index (κ3) is 4.88. The fourth-order valence-corrected chi connectivity index (χ4v) is 4.25. The predicted octanol–water partition coefficient (Wildman–Crippen LogP) is 8.03. The zero-order chi connectivity index (χ0) is 21.2. The molecule has 0 fully saturated rings. The van der Waals surface area contributed by atoms with Gasteiger partial charge >= 0.3 is 0 Å². The van der Waals surface area contributed by atoms with Gasteiger partial charge in [0.25, 0.3) is 0 Å². The van der Waals surface area contributed by atoms with Crippen molar-refractivity contribution in [2.24, 2.45) is 0 Å². The predicted molar refractivity (Wildman–Crippen MR) is 143 cm³/mol. The lowest BCUT2D eigenvalue weighted by Crippen LogP contribution is -2.06. The first-order valence-corrected chi connectivity index (χ1v) is 10.4. The molecule has 0 saturated heterocycles. The fourth-order valence-electron chi connectivity index (χ4n) is 4.25. The van der Waals surface area contributed by atoms with Crippen molar-refractivity contribution in [2.75, 3.05) is 0 Å². The van der Waals surface area contributed by atoms with E-state index in [2.05, 4.69) is 73.7 Å². The second-order valence-electron chi connectivity index (χ2n) is 7.81. The number of para-hydroxylation sites is 1. The molecule has 1 atom stereocenters. The number of allylic oxidation sites excluding steroid dienone is 1. The second kappa shape index (κ2) is 10.5. The number of fused-ring (bicyclic) bond motifs is 3. The summed E-state index contributed by atoms with van der Waals surface area (Å²) in [6.07, 6.45) is 2.16. The lowest BCUT2D eigenvalue weighted by atomic mass is 9.93. The van der Waals surface area contributed by atoms with E-state index >= 15 is 0 Å². The Morgan fingerprint density at radius 2 is 1.24 bits per heavy atom. The van der Waals surface area contributed by atoms with Crippen molar-refractivity contribution >= 4 is 52.6 Å². The zero-order valence-electron chi connectivity index (χ0n) is 18.1. The molecule has 0 N–H and O–H groups in total. The summed E-state index contributed by atoms with van der Waals surface area (Å²) >= 11 is 0. The Bertz CT molecular complexity index is 1420. The molecule has 4 aromatic carbocycles. The maximum absolute atomic E-state index is 12.3. The van der Waals surface area contributed by atoms with Gasteiger partial charge in [0, 0.05) is 6.07 Å². The molecule has 1 aromatic heterocycles. The molecule has 33 heavy (non-hydrogen) atoms. The molecular formula is C29H24Cl2O2. The van der Waals surface area contributed by atoms with Crippen molar-refractivity contribution in [1.29, 1.82) is 0 Å². The van der Waals surface area contributed by atoms with Gasteiger partial charge in [-0.15, -0.1) is 24.8 Å². The van der Waals surface area contributed by atoms with Crippen LogP contribution < -0.4 is 5.43 Å². The summed E-state index contributed by atoms with van der Waals surface area (Å²) in [5, 5.41) is 3.25. The lowest BCUT2D eigenvalue weighted by Gasteiger charge is -2.14. The van der Waals surface area contributed by atoms with Crippen LogP contribution in [0.3, 0.4) is 0 Å². The Kier molecular flexibility index (Phi) is 7.75. The smallest absolute Gasteiger partial charge is 0.192 e. The minimum atomic E-state index is 0. The maximum Gasteiger partial charge on any atom is 0.192 e. The Morgan fingerprint density at radius 1 is 0.697 bits per heavy atom. The number of halogens is 2. The molecule has 4 heteroatoms. The number of hydrogen-bond donors (Lipinski definition) is 0. The van der Waals surface area contributed by atoms with Crippen LogP contribution in [-0.2, 0) is 0 Å². The fraction of sp³-hybridized carbons (Fsp3) is 0.0690. The Balaban J connectivity index is 0.000000217. The van der Waals surface area contributed by atoms with Crippen LogP contribution in [0.15, 0.2) is 118 Å². The van der Waals surface area contributed by atoms with Crippen LogP contribution in [-0.4, -0.2) is 0 Å². The van der Waals surface area contributed by atoms with E-state index in [0.29, 0.717) is 11.0 Å². The minimum Gasteiger partial charge on any atom is -0.460 e. The average Bonchev–Trinajstić information content (AvgIpc) is 3.15. The number of benzene rings is 4. The molecule has 166 valence electrons. The van der Waals surface area contributed by atoms with Gasteiger partial charge in [0.05, 0.1) is 11.3 Å². The van der Waals surface area contributed by atoms with E-state index in [0.717, 1.165) is 5.76 Å². The Morgan fingerprint density at radius 3 is 1.91 bits per heavy atom. The Labute approximate surface area is 205 Å². The van der Waals surface area contributed by atoms with Crippen LogP contribution in [0.2, 0.25) is 0 Å². The van der Waals surface area contributed by atoms with Crippen molar-refractivity contribution in [3.63, 3.8) is 0 Å². The summed E-state index contributed by atoms with van der Waals surface area (Å²) in [6.45, 7) is 2.08.